The Kier molecular flexibility index (Phi) is 14.7. The van der Waals surface area contributed by atoms with E-state index >= 15 is 0 Å². The molecule has 4 aliphatic heterocycles. The van der Waals surface area contributed by atoms with Crippen LogP contribution in [-0.4, -0.2) is 174 Å². The molecule has 0 N–H and O–H groups in total. The second-order valence-corrected chi connectivity index (χ2v) is 27.3. The van der Waals surface area contributed by atoms with Gasteiger partial charge in [0.1, 0.15) is 47.2 Å². The molecule has 12 rings (SSSR count). The molecule has 4 aliphatic carbocycles. The Bertz CT molecular complexity index is 3290. The van der Waals surface area contributed by atoms with Gasteiger partial charge in [0.05, 0.1) is 56.8 Å². The zero-order valence-corrected chi connectivity index (χ0v) is 51.2. The van der Waals surface area contributed by atoms with Crippen LogP contribution in [0.5, 0.6) is 11.5 Å². The number of alkyl halides is 6. The van der Waals surface area contributed by atoms with Gasteiger partial charge in [-0.1, -0.05) is 24.3 Å². The fraction of sp³-hybridized carbons (Fsp3) is 0.656. The zero-order valence-electron chi connectivity index (χ0n) is 57.2. The first kappa shape index (κ1) is 55.5. The van der Waals surface area contributed by atoms with Gasteiger partial charge >= 0.3 is 24.5 Å². The summed E-state index contributed by atoms with van der Waals surface area (Å²) in [6.07, 6.45) is -2.63. The minimum Gasteiger partial charge on any atom is -0.496 e. The molecule has 2 spiro atoms. The van der Waals surface area contributed by atoms with Gasteiger partial charge in [-0.3, -0.25) is 38.6 Å². The number of carbonyl (C=O) groups excluding carboxylic acids is 4. The summed E-state index contributed by atoms with van der Waals surface area (Å²) in [5, 5.41) is 8.43. The Morgan fingerprint density at radius 1 is 0.557 bits per heavy atom. The second kappa shape index (κ2) is 23.4. The van der Waals surface area contributed by atoms with E-state index in [1.165, 1.54) is 0 Å². The highest BCUT2D eigenvalue weighted by molar-refractivity contribution is 5.78. The van der Waals surface area contributed by atoms with Crippen LogP contribution in [-0.2, 0) is 44.5 Å². The van der Waals surface area contributed by atoms with Crippen LogP contribution in [0.4, 0.5) is 35.9 Å². The molecule has 480 valence electrons. The van der Waals surface area contributed by atoms with Crippen LogP contribution in [0.1, 0.15) is 183 Å². The number of amides is 4. The molecule has 8 aliphatic rings. The highest BCUT2D eigenvalue weighted by atomic mass is 19.4. The molecule has 4 amide bonds. The van der Waals surface area contributed by atoms with Crippen molar-refractivity contribution in [2.24, 2.45) is 0 Å². The topological polar surface area (TPSA) is 160 Å². The number of piperazine rings is 2. The zero-order chi connectivity index (χ0) is 68.2. The highest BCUT2D eigenvalue weighted by Crippen LogP contribution is 2.51. The Hall–Kier alpha value is -6.56. The standard InChI is InChI=1S/2C32H42F3N5O4/c2*1-20-22(7-6-8-25(20)43-5)28-24(37-15-16-39(31(19-37)12-13-31)29(42)44-30(2,3)4)11-14-38(28)27(41)18-40-26(32(33,34)35)17-23(36-40)21-9-10-21/h2*6-8,17,21,24,28H,9-16,18-19H2,1-5H3/t2*24-,28-/m10/s1/i2*5D3. The monoisotopic (exact) mass is 1240 g/mol. The lowest BCUT2D eigenvalue weighted by Gasteiger charge is -2.46. The van der Waals surface area contributed by atoms with E-state index in [4.69, 9.17) is 27.2 Å². The summed E-state index contributed by atoms with van der Waals surface area (Å²) < 4.78 is 154. The average molecular weight is 1240 g/mol. The normalized spacial score (nSPS) is 25.0. The first-order valence-corrected chi connectivity index (χ1v) is 30.7. The van der Waals surface area contributed by atoms with Crippen molar-refractivity contribution in [3.8, 4) is 11.5 Å². The summed E-state index contributed by atoms with van der Waals surface area (Å²) in [5.74, 6) is -0.765. The summed E-state index contributed by atoms with van der Waals surface area (Å²) >= 11 is 0. The number of likely N-dealkylation sites (tertiary alicyclic amines) is 2. The van der Waals surface area contributed by atoms with E-state index in [1.807, 2.05) is 63.5 Å². The van der Waals surface area contributed by atoms with Crippen LogP contribution in [0, 0.1) is 13.8 Å². The summed E-state index contributed by atoms with van der Waals surface area (Å²) in [6.45, 7) is 16.8. The number of benzene rings is 2. The van der Waals surface area contributed by atoms with E-state index in [2.05, 4.69) is 20.0 Å². The van der Waals surface area contributed by atoms with Gasteiger partial charge in [-0.05, 0) is 166 Å². The van der Waals surface area contributed by atoms with Gasteiger partial charge in [0.25, 0.3) is 0 Å². The Balaban J connectivity index is 0.000000192. The van der Waals surface area contributed by atoms with Gasteiger partial charge in [0.2, 0.25) is 11.8 Å². The Morgan fingerprint density at radius 2 is 0.932 bits per heavy atom. The maximum Gasteiger partial charge on any atom is 0.433 e. The predicted molar refractivity (Wildman–Crippen MR) is 313 cm³/mol. The van der Waals surface area contributed by atoms with E-state index in [-0.39, 0.29) is 71.8 Å². The number of ether oxygens (including phenoxy) is 4. The molecule has 2 aromatic heterocycles. The average Bonchev–Trinajstić information content (AvgIpc) is 1.58. The van der Waals surface area contributed by atoms with Gasteiger partial charge in [-0.15, -0.1) is 0 Å². The Morgan fingerprint density at radius 3 is 1.25 bits per heavy atom. The molecule has 4 atom stereocenters. The molecule has 0 unspecified atom stereocenters. The van der Waals surface area contributed by atoms with E-state index in [0.29, 0.717) is 85.8 Å². The molecule has 6 heterocycles. The summed E-state index contributed by atoms with van der Waals surface area (Å²) in [6, 6.07) is 10.5. The minimum atomic E-state index is -4.67. The van der Waals surface area contributed by atoms with E-state index in [0.717, 1.165) is 72.9 Å². The SMILES string of the molecule is [2H]C([2H])([2H])Oc1cccc([C@@H]2[C@H](N3CCN(C(=O)OC(C)(C)C)C4(CC4)C3)CCN2C(=O)Cn2nc(C3CC3)cc2C(F)(F)F)c1C.[2H]C([2H])([2H])Oc1cccc([C@H]2[C@@H](N3CCN(C(=O)OC(C)(C)C)C4(CC4)C3)CCN2C(=O)Cn2nc(C3CC3)cc2C(F)(F)F)c1C. The third-order valence-corrected chi connectivity index (χ3v) is 18.8. The van der Waals surface area contributed by atoms with Gasteiger partial charge < -0.3 is 28.7 Å². The first-order valence-electron chi connectivity index (χ1n) is 33.7. The number of hydrogen-bond donors (Lipinski definition) is 0. The van der Waals surface area contributed by atoms with Crippen LogP contribution < -0.4 is 9.47 Å². The molecule has 4 saturated carbocycles. The van der Waals surface area contributed by atoms with Crippen molar-refractivity contribution in [1.82, 2.24) is 49.0 Å². The highest BCUT2D eigenvalue weighted by Gasteiger charge is 2.58. The molecule has 88 heavy (non-hydrogen) atoms. The number of nitrogens with zero attached hydrogens (tertiary/aromatic N) is 10. The third kappa shape index (κ3) is 13.1. The lowest BCUT2D eigenvalue weighted by Crippen LogP contribution is -2.60. The molecular weight excluding hydrogens is 1150 g/mol. The van der Waals surface area contributed by atoms with E-state index in [9.17, 15) is 45.5 Å². The first-order chi connectivity index (χ1) is 43.7. The van der Waals surface area contributed by atoms with E-state index in [1.54, 1.807) is 47.9 Å². The van der Waals surface area contributed by atoms with Crippen LogP contribution in [0.15, 0.2) is 48.5 Å². The maximum atomic E-state index is 14.0. The van der Waals surface area contributed by atoms with Crippen LogP contribution in [0.3, 0.4) is 0 Å². The number of methoxy groups -OCH3 is 2. The number of halogens is 6. The van der Waals surface area contributed by atoms with Gasteiger partial charge in [-0.25, -0.2) is 9.59 Å². The van der Waals surface area contributed by atoms with Crippen molar-refractivity contribution < 1.29 is 72.7 Å². The molecule has 4 aromatic rings. The van der Waals surface area contributed by atoms with Crippen LogP contribution in [0.2, 0.25) is 0 Å². The van der Waals surface area contributed by atoms with Crippen molar-refractivity contribution >= 4 is 24.0 Å². The van der Waals surface area contributed by atoms with Crippen molar-refractivity contribution in [2.75, 3.05) is 66.4 Å². The maximum absolute atomic E-state index is 14.0. The number of carbonyl (C=O) groups is 4. The molecule has 4 saturated heterocycles. The quantitative estimate of drug-likeness (QED) is 0.124. The summed E-state index contributed by atoms with van der Waals surface area (Å²) in [5.41, 5.74) is -0.837. The van der Waals surface area contributed by atoms with Gasteiger partial charge in [-0.2, -0.15) is 36.5 Å². The molecule has 18 nitrogen and oxygen atoms in total. The Labute approximate surface area is 519 Å². The van der Waals surface area contributed by atoms with Gasteiger partial charge in [0, 0.05) is 76.3 Å². The molecule has 0 radical (unpaired) electrons. The van der Waals surface area contributed by atoms with Gasteiger partial charge in [0.15, 0.2) is 0 Å². The van der Waals surface area contributed by atoms with Crippen molar-refractivity contribution in [2.45, 2.75) is 203 Å². The predicted octanol–water partition coefficient (Wildman–Crippen LogP) is 11.0. The minimum absolute atomic E-state index is 0.0194. The molecule has 8 fully saturated rings. The second-order valence-electron chi connectivity index (χ2n) is 27.3. The van der Waals surface area contributed by atoms with Crippen molar-refractivity contribution in [1.29, 1.82) is 0 Å². The van der Waals surface area contributed by atoms with Crippen LogP contribution in [0.25, 0.3) is 0 Å². The number of aromatic nitrogens is 4. The van der Waals surface area contributed by atoms with Crippen molar-refractivity contribution in [3.63, 3.8) is 0 Å². The smallest absolute Gasteiger partial charge is 0.433 e. The third-order valence-electron chi connectivity index (χ3n) is 18.8. The fourth-order valence-electron chi connectivity index (χ4n) is 13.8. The number of hydrogen-bond acceptors (Lipinski definition) is 12. The lowest BCUT2D eigenvalue weighted by molar-refractivity contribution is -0.147. The van der Waals surface area contributed by atoms with E-state index < -0.39 is 86.0 Å². The lowest BCUT2D eigenvalue weighted by atomic mass is 9.93. The van der Waals surface area contributed by atoms with Crippen molar-refractivity contribution in [3.05, 3.63) is 93.6 Å². The fourth-order valence-corrected chi connectivity index (χ4v) is 13.8. The molecular formula is C64H84F6N10O8. The molecule has 0 bridgehead atoms. The number of rotatable bonds is 12. The summed E-state index contributed by atoms with van der Waals surface area (Å²) in [4.78, 5) is 65.7. The molecule has 2 aromatic carbocycles. The summed E-state index contributed by atoms with van der Waals surface area (Å²) in [7, 11) is -5.39. The molecule has 24 heteroatoms. The largest absolute Gasteiger partial charge is 0.496 e. The van der Waals surface area contributed by atoms with Crippen LogP contribution >= 0.6 is 0 Å².